The van der Waals surface area contributed by atoms with Crippen LogP contribution in [0.25, 0.3) is 0 Å². The average molecular weight is 415 g/mol. The zero-order valence-electron chi connectivity index (χ0n) is 17.1. The largest absolute Gasteiger partial charge is 0.369 e. The van der Waals surface area contributed by atoms with Crippen molar-refractivity contribution in [2.24, 2.45) is 16.6 Å². The molecule has 7 nitrogen and oxygen atoms in total. The van der Waals surface area contributed by atoms with Crippen molar-refractivity contribution in [2.75, 3.05) is 20.1 Å². The summed E-state index contributed by atoms with van der Waals surface area (Å²) in [6.45, 7) is 6.01. The maximum absolute atomic E-state index is 11.5. The van der Waals surface area contributed by atoms with E-state index in [4.69, 9.17) is 5.73 Å². The van der Waals surface area contributed by atoms with Crippen LogP contribution in [-0.2, 0) is 24.4 Å². The molecule has 1 saturated heterocycles. The first-order valence-electron chi connectivity index (χ1n) is 9.99. The molecule has 2 aromatic rings. The summed E-state index contributed by atoms with van der Waals surface area (Å²) in [5.41, 5.74) is 7.94. The molecule has 8 heteroatoms. The van der Waals surface area contributed by atoms with Gasteiger partial charge in [-0.25, -0.2) is 4.98 Å². The van der Waals surface area contributed by atoms with E-state index in [1.807, 2.05) is 6.20 Å². The SMILES string of the molecule is CN=C(NCc1cccc(CN2CCCC(C(N)=O)C2)c1)NCc1ncc(C)s1. The van der Waals surface area contributed by atoms with E-state index in [1.54, 1.807) is 18.4 Å². The van der Waals surface area contributed by atoms with Crippen LogP contribution >= 0.6 is 11.3 Å². The number of guanidine groups is 1. The molecule has 0 aliphatic carbocycles. The number of carbonyl (C=O) groups is 1. The molecular formula is C21H30N6OS. The number of piperidine rings is 1. The van der Waals surface area contributed by atoms with Crippen molar-refractivity contribution >= 4 is 23.2 Å². The Balaban J connectivity index is 1.50. The first-order chi connectivity index (χ1) is 14.0. The number of hydrogen-bond donors (Lipinski definition) is 3. The van der Waals surface area contributed by atoms with Gasteiger partial charge in [-0.1, -0.05) is 24.3 Å². The minimum absolute atomic E-state index is 0.0235. The summed E-state index contributed by atoms with van der Waals surface area (Å²) < 4.78 is 0. The van der Waals surface area contributed by atoms with Crippen LogP contribution in [0.1, 0.15) is 33.9 Å². The van der Waals surface area contributed by atoms with Crippen LogP contribution < -0.4 is 16.4 Å². The van der Waals surface area contributed by atoms with Gasteiger partial charge in [-0.05, 0) is 37.4 Å². The van der Waals surface area contributed by atoms with Crippen molar-refractivity contribution in [3.8, 4) is 0 Å². The number of primary amides is 1. The molecule has 1 aromatic carbocycles. The minimum atomic E-state index is -0.181. The first-order valence-corrected chi connectivity index (χ1v) is 10.8. The second kappa shape index (κ2) is 10.4. The second-order valence-electron chi connectivity index (χ2n) is 7.44. The highest BCUT2D eigenvalue weighted by Gasteiger charge is 2.23. The van der Waals surface area contributed by atoms with E-state index in [-0.39, 0.29) is 11.8 Å². The number of benzene rings is 1. The van der Waals surface area contributed by atoms with Gasteiger partial charge in [0.1, 0.15) is 5.01 Å². The number of amides is 1. The number of aryl methyl sites for hydroxylation is 1. The highest BCUT2D eigenvalue weighted by molar-refractivity contribution is 7.11. The fourth-order valence-electron chi connectivity index (χ4n) is 3.58. The number of carbonyl (C=O) groups excluding carboxylic acids is 1. The second-order valence-corrected chi connectivity index (χ2v) is 8.76. The highest BCUT2D eigenvalue weighted by Crippen LogP contribution is 2.18. The number of aromatic nitrogens is 1. The first kappa shape index (κ1) is 21.3. The molecule has 1 atom stereocenters. The number of rotatable bonds is 7. The maximum atomic E-state index is 11.5. The molecule has 156 valence electrons. The molecule has 29 heavy (non-hydrogen) atoms. The molecule has 0 spiro atoms. The summed E-state index contributed by atoms with van der Waals surface area (Å²) >= 11 is 1.68. The van der Waals surface area contributed by atoms with Crippen molar-refractivity contribution in [1.82, 2.24) is 20.5 Å². The van der Waals surface area contributed by atoms with Crippen LogP contribution in [0.2, 0.25) is 0 Å². The zero-order valence-corrected chi connectivity index (χ0v) is 18.0. The van der Waals surface area contributed by atoms with Crippen molar-refractivity contribution in [1.29, 1.82) is 0 Å². The lowest BCUT2D eigenvalue weighted by Gasteiger charge is -2.31. The topological polar surface area (TPSA) is 95.6 Å². The summed E-state index contributed by atoms with van der Waals surface area (Å²) in [6.07, 6.45) is 3.81. The van der Waals surface area contributed by atoms with Crippen LogP contribution in [0.4, 0.5) is 0 Å². The Morgan fingerprint density at radius 2 is 2.14 bits per heavy atom. The Bertz CT molecular complexity index is 849. The summed E-state index contributed by atoms with van der Waals surface area (Å²) in [4.78, 5) is 23.7. The van der Waals surface area contributed by atoms with Crippen LogP contribution in [-0.4, -0.2) is 41.9 Å². The quantitative estimate of drug-likeness (QED) is 0.476. The fourth-order valence-corrected chi connectivity index (χ4v) is 4.30. The molecule has 1 unspecified atom stereocenters. The molecule has 1 fully saturated rings. The number of likely N-dealkylation sites (tertiary alicyclic amines) is 1. The molecule has 3 rings (SSSR count). The van der Waals surface area contributed by atoms with Gasteiger partial charge in [0.15, 0.2) is 5.96 Å². The van der Waals surface area contributed by atoms with Gasteiger partial charge in [0, 0.05) is 37.8 Å². The van der Waals surface area contributed by atoms with Gasteiger partial charge >= 0.3 is 0 Å². The number of thiazole rings is 1. The number of nitrogens with one attached hydrogen (secondary N) is 2. The summed E-state index contributed by atoms with van der Waals surface area (Å²) in [5, 5.41) is 7.70. The molecule has 0 bridgehead atoms. The van der Waals surface area contributed by atoms with E-state index >= 15 is 0 Å². The van der Waals surface area contributed by atoms with Crippen molar-refractivity contribution in [2.45, 2.75) is 39.4 Å². The van der Waals surface area contributed by atoms with Gasteiger partial charge in [-0.2, -0.15) is 0 Å². The van der Waals surface area contributed by atoms with E-state index in [1.165, 1.54) is 16.0 Å². The molecule has 1 aliphatic rings. The standard InChI is InChI=1S/C21H30N6OS/c1-15-10-24-19(29-15)12-26-21(23-2)25-11-16-5-3-6-17(9-16)13-27-8-4-7-18(14-27)20(22)28/h3,5-6,9-10,18H,4,7-8,11-14H2,1-2H3,(H2,22,28)(H2,23,25,26). The Morgan fingerprint density at radius 1 is 1.34 bits per heavy atom. The van der Waals surface area contributed by atoms with Crippen molar-refractivity contribution in [3.05, 3.63) is 51.5 Å². The Kier molecular flexibility index (Phi) is 7.60. The van der Waals surface area contributed by atoms with Gasteiger partial charge < -0.3 is 16.4 Å². The number of aliphatic imine (C=N–C) groups is 1. The third-order valence-corrected chi connectivity index (χ3v) is 5.98. The van der Waals surface area contributed by atoms with Gasteiger partial charge in [0.2, 0.25) is 5.91 Å². The van der Waals surface area contributed by atoms with E-state index in [0.29, 0.717) is 13.1 Å². The van der Waals surface area contributed by atoms with E-state index in [9.17, 15) is 4.79 Å². The van der Waals surface area contributed by atoms with Crippen molar-refractivity contribution < 1.29 is 4.79 Å². The van der Waals surface area contributed by atoms with Gasteiger partial charge in [0.25, 0.3) is 0 Å². The van der Waals surface area contributed by atoms with Crippen LogP contribution in [0.15, 0.2) is 35.5 Å². The Labute approximate surface area is 176 Å². The lowest BCUT2D eigenvalue weighted by molar-refractivity contribution is -0.123. The summed E-state index contributed by atoms with van der Waals surface area (Å²) in [5.74, 6) is 0.549. The molecular weight excluding hydrogens is 384 g/mol. The van der Waals surface area contributed by atoms with E-state index in [2.05, 4.69) is 56.7 Å². The molecule has 1 aliphatic heterocycles. The number of nitrogens with two attached hydrogens (primary N) is 1. The maximum Gasteiger partial charge on any atom is 0.221 e. The molecule has 0 radical (unpaired) electrons. The number of hydrogen-bond acceptors (Lipinski definition) is 5. The molecule has 1 aromatic heterocycles. The van der Waals surface area contributed by atoms with Gasteiger partial charge in [-0.15, -0.1) is 11.3 Å². The van der Waals surface area contributed by atoms with Crippen LogP contribution in [0.3, 0.4) is 0 Å². The average Bonchev–Trinajstić information content (AvgIpc) is 3.14. The summed E-state index contributed by atoms with van der Waals surface area (Å²) in [7, 11) is 1.77. The van der Waals surface area contributed by atoms with Crippen molar-refractivity contribution in [3.63, 3.8) is 0 Å². The normalized spacial score (nSPS) is 17.9. The lowest BCUT2D eigenvalue weighted by atomic mass is 9.97. The minimum Gasteiger partial charge on any atom is -0.369 e. The Morgan fingerprint density at radius 3 is 2.86 bits per heavy atom. The molecule has 1 amide bonds. The molecule has 0 saturated carbocycles. The lowest BCUT2D eigenvalue weighted by Crippen LogP contribution is -2.40. The van der Waals surface area contributed by atoms with Crippen LogP contribution in [0, 0.1) is 12.8 Å². The monoisotopic (exact) mass is 414 g/mol. The van der Waals surface area contributed by atoms with E-state index in [0.717, 1.165) is 43.4 Å². The smallest absolute Gasteiger partial charge is 0.221 e. The third-order valence-electron chi connectivity index (χ3n) is 5.07. The highest BCUT2D eigenvalue weighted by atomic mass is 32.1. The summed E-state index contributed by atoms with van der Waals surface area (Å²) in [6, 6.07) is 8.53. The third kappa shape index (κ3) is 6.54. The van der Waals surface area contributed by atoms with Crippen LogP contribution in [0.5, 0.6) is 0 Å². The molecule has 2 heterocycles. The fraction of sp³-hybridized carbons (Fsp3) is 0.476. The Hall–Kier alpha value is -2.45. The predicted octanol–water partition coefficient (Wildman–Crippen LogP) is 2.01. The zero-order chi connectivity index (χ0) is 20.6. The van der Waals surface area contributed by atoms with Gasteiger partial charge in [-0.3, -0.25) is 14.7 Å². The van der Waals surface area contributed by atoms with E-state index < -0.39 is 0 Å². The van der Waals surface area contributed by atoms with Gasteiger partial charge in [0.05, 0.1) is 12.5 Å². The molecule has 4 N–H and O–H groups in total. The number of nitrogens with zero attached hydrogens (tertiary/aromatic N) is 3. The predicted molar refractivity (Wildman–Crippen MR) is 118 cm³/mol.